The minimum Gasteiger partial charge on any atom is -0.378 e. The third kappa shape index (κ3) is 4.07. The van der Waals surface area contributed by atoms with Gasteiger partial charge in [0.15, 0.2) is 0 Å². The van der Waals surface area contributed by atoms with Crippen molar-refractivity contribution in [2.24, 2.45) is 0 Å². The predicted octanol–water partition coefficient (Wildman–Crippen LogP) is 1.61. The van der Waals surface area contributed by atoms with Crippen LogP contribution in [-0.4, -0.2) is 41.5 Å². The molecule has 1 aliphatic rings. The molecule has 6 nitrogen and oxygen atoms in total. The highest BCUT2D eigenvalue weighted by atomic mass is 35.5. The standard InChI is InChI=1S/C15H18N4O2.ClH/c20-15(10-12-11-21-9-7-16-12)18-13-4-1-2-5-14(13)19-8-3-6-17-19;/h1-6,8,12,16H,7,9-11H2,(H,18,20);1H. The van der Waals surface area contributed by atoms with Crippen LogP contribution in [0.3, 0.4) is 0 Å². The number of hydrogen-bond donors (Lipinski definition) is 2. The molecule has 1 amide bonds. The highest BCUT2D eigenvalue weighted by molar-refractivity contribution is 5.93. The number of carbonyl (C=O) groups is 1. The largest absolute Gasteiger partial charge is 0.378 e. The summed E-state index contributed by atoms with van der Waals surface area (Å²) in [5, 5.41) is 10.4. The molecule has 1 aromatic heterocycles. The topological polar surface area (TPSA) is 68.2 Å². The van der Waals surface area contributed by atoms with Crippen LogP contribution in [0.5, 0.6) is 0 Å². The molecule has 1 aromatic carbocycles. The Balaban J connectivity index is 0.00000176. The molecule has 0 bridgehead atoms. The zero-order chi connectivity index (χ0) is 14.5. The van der Waals surface area contributed by atoms with Gasteiger partial charge in [-0.05, 0) is 18.2 Å². The Morgan fingerprint density at radius 1 is 1.41 bits per heavy atom. The number of aromatic nitrogens is 2. The van der Waals surface area contributed by atoms with E-state index in [2.05, 4.69) is 15.7 Å². The van der Waals surface area contributed by atoms with Crippen molar-refractivity contribution in [1.29, 1.82) is 0 Å². The van der Waals surface area contributed by atoms with Gasteiger partial charge in [-0.2, -0.15) is 5.10 Å². The predicted molar refractivity (Wildman–Crippen MR) is 86.7 cm³/mol. The lowest BCUT2D eigenvalue weighted by Gasteiger charge is -2.23. The molecule has 2 aromatic rings. The Labute approximate surface area is 135 Å². The second kappa shape index (κ2) is 7.93. The van der Waals surface area contributed by atoms with E-state index in [0.717, 1.165) is 17.9 Å². The van der Waals surface area contributed by atoms with E-state index >= 15 is 0 Å². The molecular weight excluding hydrogens is 304 g/mol. The Hall–Kier alpha value is -1.89. The number of rotatable bonds is 4. The minimum atomic E-state index is -0.0300. The maximum Gasteiger partial charge on any atom is 0.226 e. The van der Waals surface area contributed by atoms with Crippen molar-refractivity contribution in [2.75, 3.05) is 25.1 Å². The number of carbonyl (C=O) groups excluding carboxylic acids is 1. The highest BCUT2D eigenvalue weighted by Crippen LogP contribution is 2.19. The molecule has 1 unspecified atom stereocenters. The Morgan fingerprint density at radius 3 is 3.00 bits per heavy atom. The van der Waals surface area contributed by atoms with E-state index in [1.54, 1.807) is 10.9 Å². The molecule has 1 atom stereocenters. The van der Waals surface area contributed by atoms with Crippen molar-refractivity contribution in [3.8, 4) is 5.69 Å². The maximum absolute atomic E-state index is 12.2. The summed E-state index contributed by atoms with van der Waals surface area (Å²) < 4.78 is 7.09. The van der Waals surface area contributed by atoms with Gasteiger partial charge in [0.25, 0.3) is 0 Å². The van der Waals surface area contributed by atoms with Crippen LogP contribution < -0.4 is 10.6 Å². The van der Waals surface area contributed by atoms with Crippen LogP contribution in [-0.2, 0) is 9.53 Å². The van der Waals surface area contributed by atoms with Gasteiger partial charge in [-0.3, -0.25) is 4.79 Å². The number of benzene rings is 1. The number of amides is 1. The van der Waals surface area contributed by atoms with Gasteiger partial charge in [0.05, 0.1) is 24.6 Å². The molecule has 118 valence electrons. The second-order valence-electron chi connectivity index (χ2n) is 4.95. The normalized spacial score (nSPS) is 17.5. The summed E-state index contributed by atoms with van der Waals surface area (Å²) in [5.41, 5.74) is 1.60. The first-order valence-corrected chi connectivity index (χ1v) is 7.03. The maximum atomic E-state index is 12.2. The molecule has 3 rings (SSSR count). The molecule has 2 heterocycles. The summed E-state index contributed by atoms with van der Waals surface area (Å²) in [6, 6.07) is 9.54. The first-order chi connectivity index (χ1) is 10.3. The van der Waals surface area contributed by atoms with E-state index in [-0.39, 0.29) is 24.4 Å². The fourth-order valence-electron chi connectivity index (χ4n) is 2.37. The Kier molecular flexibility index (Phi) is 5.94. The molecular formula is C15H19ClN4O2. The van der Waals surface area contributed by atoms with Crippen molar-refractivity contribution in [2.45, 2.75) is 12.5 Å². The Morgan fingerprint density at radius 2 is 2.27 bits per heavy atom. The summed E-state index contributed by atoms with van der Waals surface area (Å²) in [7, 11) is 0. The van der Waals surface area contributed by atoms with Crippen LogP contribution in [0.15, 0.2) is 42.7 Å². The summed E-state index contributed by atoms with van der Waals surface area (Å²) in [5.74, 6) is -0.0300. The van der Waals surface area contributed by atoms with Gasteiger partial charge in [-0.1, -0.05) is 12.1 Å². The zero-order valence-electron chi connectivity index (χ0n) is 12.1. The molecule has 0 saturated carbocycles. The van der Waals surface area contributed by atoms with Gasteiger partial charge in [-0.15, -0.1) is 12.4 Å². The van der Waals surface area contributed by atoms with Crippen molar-refractivity contribution >= 4 is 24.0 Å². The molecule has 1 saturated heterocycles. The third-order valence-corrected chi connectivity index (χ3v) is 3.36. The second-order valence-corrected chi connectivity index (χ2v) is 4.95. The van der Waals surface area contributed by atoms with Gasteiger partial charge in [0, 0.05) is 31.4 Å². The van der Waals surface area contributed by atoms with E-state index < -0.39 is 0 Å². The van der Waals surface area contributed by atoms with Gasteiger partial charge in [0.1, 0.15) is 0 Å². The zero-order valence-corrected chi connectivity index (χ0v) is 12.9. The van der Waals surface area contributed by atoms with Crippen LogP contribution in [0.25, 0.3) is 5.69 Å². The first kappa shape index (κ1) is 16.5. The molecule has 1 aliphatic heterocycles. The van der Waals surface area contributed by atoms with Crippen molar-refractivity contribution in [1.82, 2.24) is 15.1 Å². The minimum absolute atomic E-state index is 0. The van der Waals surface area contributed by atoms with E-state index in [1.807, 2.05) is 36.5 Å². The number of ether oxygens (including phenoxy) is 1. The molecule has 1 fully saturated rings. The van der Waals surface area contributed by atoms with Crippen LogP contribution in [0, 0.1) is 0 Å². The average molecular weight is 323 g/mol. The highest BCUT2D eigenvalue weighted by Gasteiger charge is 2.17. The number of nitrogens with one attached hydrogen (secondary N) is 2. The number of anilines is 1. The number of para-hydroxylation sites is 2. The molecule has 0 aliphatic carbocycles. The number of halogens is 1. The van der Waals surface area contributed by atoms with E-state index in [1.165, 1.54) is 0 Å². The SMILES string of the molecule is Cl.O=C(CC1COCCN1)Nc1ccccc1-n1cccn1. The van der Waals surface area contributed by atoms with E-state index in [4.69, 9.17) is 4.74 Å². The first-order valence-electron chi connectivity index (χ1n) is 7.03. The fourth-order valence-corrected chi connectivity index (χ4v) is 2.37. The average Bonchev–Trinajstić information content (AvgIpc) is 3.03. The van der Waals surface area contributed by atoms with Crippen LogP contribution in [0.1, 0.15) is 6.42 Å². The molecule has 22 heavy (non-hydrogen) atoms. The van der Waals surface area contributed by atoms with Crippen molar-refractivity contribution in [3.63, 3.8) is 0 Å². The lowest BCUT2D eigenvalue weighted by atomic mass is 10.2. The van der Waals surface area contributed by atoms with Crippen LogP contribution in [0.2, 0.25) is 0 Å². The summed E-state index contributed by atoms with van der Waals surface area (Å²) in [4.78, 5) is 12.2. The quantitative estimate of drug-likeness (QED) is 0.897. The fraction of sp³-hybridized carbons (Fsp3) is 0.333. The Bertz CT molecular complexity index is 597. The summed E-state index contributed by atoms with van der Waals surface area (Å²) in [6.07, 6.45) is 3.96. The van der Waals surface area contributed by atoms with Gasteiger partial charge < -0.3 is 15.4 Å². The molecule has 0 radical (unpaired) electrons. The molecule has 0 spiro atoms. The van der Waals surface area contributed by atoms with Crippen LogP contribution >= 0.6 is 12.4 Å². The third-order valence-electron chi connectivity index (χ3n) is 3.36. The molecule has 2 N–H and O–H groups in total. The number of morpholine rings is 1. The van der Waals surface area contributed by atoms with Crippen LogP contribution in [0.4, 0.5) is 5.69 Å². The lowest BCUT2D eigenvalue weighted by molar-refractivity contribution is -0.117. The van der Waals surface area contributed by atoms with Gasteiger partial charge >= 0.3 is 0 Å². The van der Waals surface area contributed by atoms with Gasteiger partial charge in [-0.25, -0.2) is 4.68 Å². The number of nitrogens with zero attached hydrogens (tertiary/aromatic N) is 2. The molecule has 7 heteroatoms. The van der Waals surface area contributed by atoms with Crippen molar-refractivity contribution < 1.29 is 9.53 Å². The monoisotopic (exact) mass is 322 g/mol. The summed E-state index contributed by atoms with van der Waals surface area (Å²) >= 11 is 0. The van der Waals surface area contributed by atoms with Gasteiger partial charge in [0.2, 0.25) is 5.91 Å². The van der Waals surface area contributed by atoms with E-state index in [0.29, 0.717) is 19.6 Å². The lowest BCUT2D eigenvalue weighted by Crippen LogP contribution is -2.43. The van der Waals surface area contributed by atoms with Crippen molar-refractivity contribution in [3.05, 3.63) is 42.7 Å². The summed E-state index contributed by atoms with van der Waals surface area (Å²) in [6.45, 7) is 2.08. The van der Waals surface area contributed by atoms with E-state index in [9.17, 15) is 4.79 Å². The smallest absolute Gasteiger partial charge is 0.226 e. The number of hydrogen-bond acceptors (Lipinski definition) is 4.